The molecule has 1 N–H and O–H groups in total. The molecule has 13 heteroatoms. The Morgan fingerprint density at radius 1 is 1.05 bits per heavy atom. The maximum absolute atomic E-state index is 13.9. The molecule has 0 aliphatic carbocycles. The summed E-state index contributed by atoms with van der Waals surface area (Å²) in [5.41, 5.74) is 1.59. The van der Waals surface area contributed by atoms with E-state index in [1.54, 1.807) is 19.9 Å². The summed E-state index contributed by atoms with van der Waals surface area (Å²) in [4.78, 5) is 35.1. The monoisotopic (exact) mass is 594 g/mol. The van der Waals surface area contributed by atoms with Crippen molar-refractivity contribution in [3.63, 3.8) is 0 Å². The first-order valence-corrected chi connectivity index (χ1v) is 12.9. The lowest BCUT2D eigenvalue weighted by Gasteiger charge is -2.28. The van der Waals surface area contributed by atoms with Crippen LogP contribution in [0.1, 0.15) is 49.4 Å². The fraction of sp³-hybridized carbons (Fsp3) is 0.296. The topological polar surface area (TPSA) is 109 Å². The lowest BCUT2D eigenvalue weighted by atomic mass is 10.1. The van der Waals surface area contributed by atoms with E-state index >= 15 is 0 Å². The number of ether oxygens (including phenoxy) is 3. The van der Waals surface area contributed by atoms with Crippen molar-refractivity contribution in [2.45, 2.75) is 52.9 Å². The molecular weight excluding hydrogens is 573 g/mol. The highest BCUT2D eigenvalue weighted by atomic mass is 35.5. The quantitative estimate of drug-likeness (QED) is 0.266. The van der Waals surface area contributed by atoms with Crippen LogP contribution in [-0.2, 0) is 22.7 Å². The molecule has 2 unspecified atom stereocenters. The van der Waals surface area contributed by atoms with Gasteiger partial charge in [0, 0.05) is 28.3 Å². The molecule has 0 fully saturated rings. The van der Waals surface area contributed by atoms with Gasteiger partial charge in [-0.1, -0.05) is 30.1 Å². The second-order valence-corrected chi connectivity index (χ2v) is 10.1. The first-order chi connectivity index (χ1) is 18.9. The van der Waals surface area contributed by atoms with Crippen LogP contribution in [0, 0.1) is 18.6 Å². The molecule has 2 atom stereocenters. The van der Waals surface area contributed by atoms with Crippen LogP contribution in [0.2, 0.25) is 10.0 Å². The van der Waals surface area contributed by atoms with Crippen LogP contribution in [0.25, 0.3) is 21.8 Å². The van der Waals surface area contributed by atoms with Gasteiger partial charge in [0.2, 0.25) is 5.43 Å². The molecular formula is C27H22Cl2F2N2O7. The van der Waals surface area contributed by atoms with Gasteiger partial charge in [-0.2, -0.15) is 0 Å². The number of halogens is 4. The molecule has 9 nitrogen and oxygen atoms in total. The lowest BCUT2D eigenvalue weighted by molar-refractivity contribution is -0.0195. The van der Waals surface area contributed by atoms with Crippen LogP contribution in [0.5, 0.6) is 5.75 Å². The molecule has 2 aliphatic rings. The van der Waals surface area contributed by atoms with Crippen molar-refractivity contribution in [2.75, 3.05) is 0 Å². The van der Waals surface area contributed by atoms with Gasteiger partial charge in [0.1, 0.15) is 12.5 Å². The summed E-state index contributed by atoms with van der Waals surface area (Å²) in [6.07, 6.45) is 1.13. The SMILES string of the molecule is CCC1OCc2c(F)c(F)cc3c(=O)c(OC(=O)O)cn1c23.Cc1cn2c3c(c(Cl)c(Cl)cc3c1=O)COC2C. The number of nitrogens with zero attached hydrogens (tertiary/aromatic N) is 2. The number of hydrogen-bond donors (Lipinski definition) is 1. The van der Waals surface area contributed by atoms with Crippen LogP contribution < -0.4 is 15.6 Å². The van der Waals surface area contributed by atoms with Gasteiger partial charge in [-0.05, 0) is 32.4 Å². The first kappa shape index (κ1) is 28.0. The van der Waals surface area contributed by atoms with E-state index in [1.165, 1.54) is 4.57 Å². The summed E-state index contributed by atoms with van der Waals surface area (Å²) < 4.78 is 46.4. The zero-order chi connectivity index (χ0) is 29.0. The molecule has 4 aromatic rings. The minimum absolute atomic E-state index is 0.00448. The number of carbonyl (C=O) groups is 1. The smallest absolute Gasteiger partial charge is 0.449 e. The van der Waals surface area contributed by atoms with E-state index in [1.807, 2.05) is 17.7 Å². The molecule has 0 amide bonds. The second kappa shape index (κ2) is 10.5. The minimum Gasteiger partial charge on any atom is -0.449 e. The average molecular weight is 595 g/mol. The Balaban J connectivity index is 0.000000164. The van der Waals surface area contributed by atoms with Crippen molar-refractivity contribution in [1.82, 2.24) is 9.13 Å². The molecule has 0 spiro atoms. The van der Waals surface area contributed by atoms with Crippen molar-refractivity contribution in [2.24, 2.45) is 0 Å². The molecule has 210 valence electrons. The highest BCUT2D eigenvalue weighted by Crippen LogP contribution is 2.37. The zero-order valence-electron chi connectivity index (χ0n) is 21.4. The summed E-state index contributed by atoms with van der Waals surface area (Å²) in [6.45, 7) is 5.73. The van der Waals surface area contributed by atoms with E-state index in [-0.39, 0.29) is 34.7 Å². The molecule has 2 aromatic carbocycles. The Labute approximate surface area is 235 Å². The molecule has 2 aromatic heterocycles. The summed E-state index contributed by atoms with van der Waals surface area (Å²) in [5.74, 6) is -2.76. The summed E-state index contributed by atoms with van der Waals surface area (Å²) >= 11 is 12.3. The Kier molecular flexibility index (Phi) is 7.34. The second-order valence-electron chi connectivity index (χ2n) is 9.32. The normalized spacial score (nSPS) is 17.5. The number of carboxylic acid groups (broad SMARTS) is 1. The van der Waals surface area contributed by atoms with Gasteiger partial charge in [-0.15, -0.1) is 0 Å². The lowest BCUT2D eigenvalue weighted by Crippen LogP contribution is -2.25. The van der Waals surface area contributed by atoms with Gasteiger partial charge in [-0.25, -0.2) is 13.6 Å². The fourth-order valence-electron chi connectivity index (χ4n) is 5.00. The van der Waals surface area contributed by atoms with Crippen molar-refractivity contribution in [3.05, 3.63) is 83.3 Å². The number of aromatic nitrogens is 2. The number of hydrogen-bond acceptors (Lipinski definition) is 6. The Morgan fingerprint density at radius 3 is 2.38 bits per heavy atom. The third-order valence-electron chi connectivity index (χ3n) is 6.89. The summed E-state index contributed by atoms with van der Waals surface area (Å²) in [7, 11) is 0. The maximum atomic E-state index is 13.9. The van der Waals surface area contributed by atoms with E-state index in [4.69, 9.17) is 37.8 Å². The van der Waals surface area contributed by atoms with E-state index in [9.17, 15) is 23.2 Å². The number of aryl methyl sites for hydroxylation is 1. The third kappa shape index (κ3) is 4.52. The van der Waals surface area contributed by atoms with Gasteiger partial charge in [0.25, 0.3) is 0 Å². The third-order valence-corrected chi connectivity index (χ3v) is 7.71. The highest BCUT2D eigenvalue weighted by Gasteiger charge is 2.28. The fourth-order valence-corrected chi connectivity index (χ4v) is 5.43. The van der Waals surface area contributed by atoms with Crippen LogP contribution in [0.15, 0.2) is 34.1 Å². The van der Waals surface area contributed by atoms with Crippen molar-refractivity contribution < 1.29 is 32.9 Å². The Hall–Kier alpha value is -3.51. The predicted molar refractivity (Wildman–Crippen MR) is 143 cm³/mol. The van der Waals surface area contributed by atoms with Crippen LogP contribution >= 0.6 is 23.2 Å². The number of benzene rings is 2. The molecule has 0 saturated carbocycles. The maximum Gasteiger partial charge on any atom is 0.511 e. The number of pyridine rings is 2. The Bertz CT molecular complexity index is 1840. The van der Waals surface area contributed by atoms with E-state index < -0.39 is 35.2 Å². The molecule has 0 radical (unpaired) electrons. The van der Waals surface area contributed by atoms with Crippen molar-refractivity contribution in [1.29, 1.82) is 0 Å². The van der Waals surface area contributed by atoms with Gasteiger partial charge in [0.15, 0.2) is 22.8 Å². The molecule has 40 heavy (non-hydrogen) atoms. The van der Waals surface area contributed by atoms with Crippen molar-refractivity contribution in [3.8, 4) is 5.75 Å². The summed E-state index contributed by atoms with van der Waals surface area (Å²) in [6, 6.07) is 2.40. The van der Waals surface area contributed by atoms with Crippen LogP contribution in [-0.4, -0.2) is 20.4 Å². The predicted octanol–water partition coefficient (Wildman–Crippen LogP) is 6.44. The van der Waals surface area contributed by atoms with Gasteiger partial charge < -0.3 is 28.5 Å². The van der Waals surface area contributed by atoms with Crippen LogP contribution in [0.4, 0.5) is 13.6 Å². The van der Waals surface area contributed by atoms with E-state index in [0.29, 0.717) is 34.0 Å². The van der Waals surface area contributed by atoms with Gasteiger partial charge in [0.05, 0.1) is 45.9 Å². The van der Waals surface area contributed by atoms with Gasteiger partial charge >= 0.3 is 6.16 Å². The summed E-state index contributed by atoms with van der Waals surface area (Å²) in [5, 5.41) is 10.0. The molecule has 4 heterocycles. The molecule has 2 aliphatic heterocycles. The van der Waals surface area contributed by atoms with E-state index in [0.717, 1.165) is 23.3 Å². The molecule has 0 saturated heterocycles. The minimum atomic E-state index is -1.67. The standard InChI is InChI=1S/C14H11F2NO5.C13H11Cl2NO2/c1-2-10-17-4-9(22-14(19)20)13(18)6-3-8(15)11(16)7(5-21-10)12(6)17;1-6-4-16-7(2)18-5-9-11(15)10(14)3-8(12(9)16)13(6)17/h3-4,10H,2,5H2,1H3,(H,19,20);3-4,7H,5H2,1-2H3. The average Bonchev–Trinajstić information content (AvgIpc) is 2.91. The molecule has 6 rings (SSSR count). The van der Waals surface area contributed by atoms with Gasteiger partial charge in [-0.3, -0.25) is 9.59 Å². The van der Waals surface area contributed by atoms with E-state index in [2.05, 4.69) is 4.74 Å². The molecule has 0 bridgehead atoms. The number of rotatable bonds is 2. The largest absolute Gasteiger partial charge is 0.511 e. The van der Waals surface area contributed by atoms with Crippen LogP contribution in [0.3, 0.4) is 0 Å². The highest BCUT2D eigenvalue weighted by molar-refractivity contribution is 6.43. The zero-order valence-corrected chi connectivity index (χ0v) is 22.9. The first-order valence-electron chi connectivity index (χ1n) is 12.2. The Morgan fingerprint density at radius 2 is 1.70 bits per heavy atom. The van der Waals surface area contributed by atoms with Crippen molar-refractivity contribution >= 4 is 51.2 Å².